The zero-order chi connectivity index (χ0) is 39.8. The smallest absolute Gasteiger partial charge is 0.0547 e. The van der Waals surface area contributed by atoms with Gasteiger partial charge >= 0.3 is 0 Å². The van der Waals surface area contributed by atoms with Crippen LogP contribution in [0.25, 0.3) is 82.8 Å². The van der Waals surface area contributed by atoms with E-state index in [0.717, 1.165) is 28.3 Å². The quantitative estimate of drug-likeness (QED) is 0.150. The number of para-hydroxylation sites is 2. The van der Waals surface area contributed by atoms with Crippen molar-refractivity contribution in [3.05, 3.63) is 243 Å². The van der Waals surface area contributed by atoms with Crippen LogP contribution in [0.3, 0.4) is 0 Å². The fourth-order valence-electron chi connectivity index (χ4n) is 9.06. The highest BCUT2D eigenvalue weighted by atomic mass is 15.1. The molecule has 282 valence electrons. The highest BCUT2D eigenvalue weighted by molar-refractivity contribution is 6.10. The summed E-state index contributed by atoms with van der Waals surface area (Å²) in [4.78, 5) is 2.46. The number of hydrogen-bond donors (Lipinski definition) is 0. The molecule has 0 aliphatic carbocycles. The summed E-state index contributed by atoms with van der Waals surface area (Å²) in [5.74, 6) is 0. The monoisotopic (exact) mass is 764 g/mol. The van der Waals surface area contributed by atoms with Crippen LogP contribution in [0.5, 0.6) is 0 Å². The van der Waals surface area contributed by atoms with Gasteiger partial charge in [-0.2, -0.15) is 0 Å². The van der Waals surface area contributed by atoms with Gasteiger partial charge in [-0.3, -0.25) is 0 Å². The molecule has 0 bridgehead atoms. The molecule has 60 heavy (non-hydrogen) atoms. The van der Waals surface area contributed by atoms with Crippen molar-refractivity contribution in [2.24, 2.45) is 0 Å². The van der Waals surface area contributed by atoms with Gasteiger partial charge in [-0.15, -0.1) is 0 Å². The van der Waals surface area contributed by atoms with Gasteiger partial charge in [-0.1, -0.05) is 194 Å². The number of aromatic nitrogens is 1. The molecule has 0 spiro atoms. The second-order valence-electron chi connectivity index (χ2n) is 15.3. The Kier molecular flexibility index (Phi) is 8.87. The molecule has 0 saturated carbocycles. The Bertz CT molecular complexity index is 3290. The van der Waals surface area contributed by atoms with Gasteiger partial charge in [0.2, 0.25) is 0 Å². The lowest BCUT2D eigenvalue weighted by Crippen LogP contribution is -2.12. The van der Waals surface area contributed by atoms with E-state index in [4.69, 9.17) is 0 Å². The minimum Gasteiger partial charge on any atom is -0.309 e. The van der Waals surface area contributed by atoms with Gasteiger partial charge < -0.3 is 9.47 Å². The molecule has 0 N–H and O–H groups in total. The van der Waals surface area contributed by atoms with E-state index in [-0.39, 0.29) is 0 Å². The summed E-state index contributed by atoms with van der Waals surface area (Å²) in [7, 11) is 0. The zero-order valence-electron chi connectivity index (χ0n) is 33.0. The van der Waals surface area contributed by atoms with Crippen molar-refractivity contribution in [3.63, 3.8) is 0 Å². The summed E-state index contributed by atoms with van der Waals surface area (Å²) in [6.07, 6.45) is 0. The lowest BCUT2D eigenvalue weighted by molar-refractivity contribution is 1.18. The van der Waals surface area contributed by atoms with Crippen LogP contribution in [0.2, 0.25) is 0 Å². The lowest BCUT2D eigenvalue weighted by atomic mass is 9.87. The van der Waals surface area contributed by atoms with Gasteiger partial charge in [0.25, 0.3) is 0 Å². The fourth-order valence-corrected chi connectivity index (χ4v) is 9.06. The van der Waals surface area contributed by atoms with E-state index in [2.05, 4.69) is 252 Å². The molecular weight excluding hydrogens is 725 g/mol. The molecule has 0 saturated heterocycles. The molecule has 1 aromatic heterocycles. The maximum Gasteiger partial charge on any atom is 0.0547 e. The first-order valence-electron chi connectivity index (χ1n) is 20.6. The molecule has 0 atom stereocenters. The number of hydrogen-bond acceptors (Lipinski definition) is 1. The van der Waals surface area contributed by atoms with Crippen LogP contribution in [0.4, 0.5) is 17.1 Å². The number of nitrogens with zero attached hydrogens (tertiary/aromatic N) is 2. The van der Waals surface area contributed by atoms with Crippen molar-refractivity contribution in [2.45, 2.75) is 0 Å². The lowest BCUT2D eigenvalue weighted by Gasteiger charge is -2.31. The summed E-state index contributed by atoms with van der Waals surface area (Å²) in [5.41, 5.74) is 16.3. The Hall–Kier alpha value is -7.94. The van der Waals surface area contributed by atoms with Crippen LogP contribution in [-0.4, -0.2) is 4.57 Å². The van der Waals surface area contributed by atoms with Crippen LogP contribution in [0.1, 0.15) is 0 Å². The van der Waals surface area contributed by atoms with Gasteiger partial charge in [0.05, 0.1) is 22.4 Å². The molecule has 0 unspecified atom stereocenters. The highest BCUT2D eigenvalue weighted by Gasteiger charge is 2.24. The first-order chi connectivity index (χ1) is 29.8. The molecule has 11 rings (SSSR count). The second kappa shape index (κ2) is 15.1. The van der Waals surface area contributed by atoms with Crippen LogP contribution in [0.15, 0.2) is 243 Å². The van der Waals surface area contributed by atoms with Crippen molar-refractivity contribution in [2.75, 3.05) is 4.90 Å². The van der Waals surface area contributed by atoms with Crippen molar-refractivity contribution < 1.29 is 0 Å². The predicted octanol–water partition coefficient (Wildman–Crippen LogP) is 16.1. The Balaban J connectivity index is 1.13. The topological polar surface area (TPSA) is 8.17 Å². The van der Waals surface area contributed by atoms with E-state index in [1.807, 2.05) is 0 Å². The van der Waals surface area contributed by atoms with E-state index in [0.29, 0.717) is 0 Å². The Morgan fingerprint density at radius 2 is 0.833 bits per heavy atom. The van der Waals surface area contributed by atoms with Crippen LogP contribution >= 0.6 is 0 Å². The van der Waals surface area contributed by atoms with Crippen LogP contribution in [0, 0.1) is 0 Å². The molecule has 0 radical (unpaired) electrons. The van der Waals surface area contributed by atoms with Crippen molar-refractivity contribution >= 4 is 49.6 Å². The number of fused-ring (bicyclic) bond motifs is 4. The minimum absolute atomic E-state index is 1.08. The van der Waals surface area contributed by atoms with Crippen molar-refractivity contribution in [3.8, 4) is 50.2 Å². The Morgan fingerprint density at radius 1 is 0.300 bits per heavy atom. The number of rotatable bonds is 8. The largest absolute Gasteiger partial charge is 0.309 e. The molecule has 0 aliphatic heterocycles. The molecule has 2 heteroatoms. The first-order valence-corrected chi connectivity index (χ1v) is 20.6. The van der Waals surface area contributed by atoms with E-state index in [1.54, 1.807) is 0 Å². The average molecular weight is 765 g/mol. The normalized spacial score (nSPS) is 11.3. The fraction of sp³-hybridized carbons (Fsp3) is 0. The third-order valence-electron chi connectivity index (χ3n) is 11.8. The third kappa shape index (κ3) is 6.14. The maximum atomic E-state index is 2.46. The Morgan fingerprint density at radius 3 is 1.60 bits per heavy atom. The first kappa shape index (κ1) is 35.2. The van der Waals surface area contributed by atoms with Crippen molar-refractivity contribution in [1.82, 2.24) is 4.57 Å². The van der Waals surface area contributed by atoms with Gasteiger partial charge in [-0.05, 0) is 92.9 Å². The molecule has 0 amide bonds. The standard InChI is InChI=1S/C58H40N2/c1-4-18-42(19-5-1)48-26-12-13-29-53(48)58-50(44-20-6-2-7-21-44)30-17-33-56(58)59(54-32-16-23-43-22-10-11-27-49(43)54)47-37-34-41(35-38-47)45-36-39-52-51-28-14-15-31-55(51)60(57(52)40-45)46-24-8-3-9-25-46/h1-40H. The molecule has 2 nitrogen and oxygen atoms in total. The van der Waals surface area contributed by atoms with Gasteiger partial charge in [0.15, 0.2) is 0 Å². The third-order valence-corrected chi connectivity index (χ3v) is 11.8. The minimum atomic E-state index is 1.08. The predicted molar refractivity (Wildman–Crippen MR) is 255 cm³/mol. The SMILES string of the molecule is c1ccc(-c2ccccc2-c2c(-c3ccccc3)cccc2N(c2ccc(-c3ccc4c5ccccc5n(-c5ccccc5)c4c3)cc2)c2cccc3ccccc23)cc1. The van der Waals surface area contributed by atoms with Crippen LogP contribution < -0.4 is 4.90 Å². The molecule has 0 fully saturated rings. The summed E-state index contributed by atoms with van der Waals surface area (Å²) in [5, 5.41) is 4.89. The summed E-state index contributed by atoms with van der Waals surface area (Å²) >= 11 is 0. The molecule has 1 heterocycles. The van der Waals surface area contributed by atoms with Crippen molar-refractivity contribution in [1.29, 1.82) is 0 Å². The van der Waals surface area contributed by atoms with Gasteiger partial charge in [0.1, 0.15) is 0 Å². The molecule has 11 aromatic rings. The second-order valence-corrected chi connectivity index (χ2v) is 15.3. The highest BCUT2D eigenvalue weighted by Crippen LogP contribution is 2.49. The summed E-state index contributed by atoms with van der Waals surface area (Å²) in [6, 6.07) is 87.9. The molecular formula is C58H40N2. The van der Waals surface area contributed by atoms with Crippen LogP contribution in [-0.2, 0) is 0 Å². The Labute approximate surface area is 350 Å². The molecule has 10 aromatic carbocycles. The number of benzene rings is 10. The summed E-state index contributed by atoms with van der Waals surface area (Å²) in [6.45, 7) is 0. The number of anilines is 3. The van der Waals surface area contributed by atoms with E-state index >= 15 is 0 Å². The average Bonchev–Trinajstić information content (AvgIpc) is 3.66. The van der Waals surface area contributed by atoms with Gasteiger partial charge in [0, 0.05) is 33.1 Å². The molecule has 0 aliphatic rings. The van der Waals surface area contributed by atoms with E-state index in [1.165, 1.54) is 71.5 Å². The van der Waals surface area contributed by atoms with E-state index < -0.39 is 0 Å². The summed E-state index contributed by atoms with van der Waals surface area (Å²) < 4.78 is 2.39. The zero-order valence-corrected chi connectivity index (χ0v) is 33.0. The maximum absolute atomic E-state index is 2.46. The van der Waals surface area contributed by atoms with E-state index in [9.17, 15) is 0 Å². The van der Waals surface area contributed by atoms with Gasteiger partial charge in [-0.25, -0.2) is 0 Å².